The van der Waals surface area contributed by atoms with E-state index in [9.17, 15) is 13.2 Å². The van der Waals surface area contributed by atoms with Gasteiger partial charge in [0.15, 0.2) is 0 Å². The Morgan fingerprint density at radius 2 is 1.71 bits per heavy atom. The minimum atomic E-state index is -3.54. The topological polar surface area (TPSA) is 57.7 Å². The van der Waals surface area contributed by atoms with Crippen molar-refractivity contribution in [3.05, 3.63) is 65.7 Å². The average molecular weight is 401 g/mol. The highest BCUT2D eigenvalue weighted by molar-refractivity contribution is 7.89. The van der Waals surface area contributed by atoms with Gasteiger partial charge in [-0.3, -0.25) is 4.79 Å². The first-order valence-corrected chi connectivity index (χ1v) is 11.0. The van der Waals surface area contributed by atoms with E-state index in [1.165, 1.54) is 4.31 Å². The van der Waals surface area contributed by atoms with Crippen LogP contribution in [0.1, 0.15) is 42.6 Å². The quantitative estimate of drug-likeness (QED) is 0.768. The van der Waals surface area contributed by atoms with Gasteiger partial charge in [0.1, 0.15) is 0 Å². The van der Waals surface area contributed by atoms with Crippen LogP contribution in [0.4, 0.5) is 0 Å². The molecule has 28 heavy (non-hydrogen) atoms. The molecule has 1 fully saturated rings. The van der Waals surface area contributed by atoms with Crippen LogP contribution in [0.25, 0.3) is 0 Å². The molecule has 1 saturated heterocycles. The van der Waals surface area contributed by atoms with Crippen LogP contribution in [-0.2, 0) is 16.6 Å². The van der Waals surface area contributed by atoms with Gasteiger partial charge in [-0.25, -0.2) is 8.42 Å². The number of sulfonamides is 1. The summed E-state index contributed by atoms with van der Waals surface area (Å²) in [5.41, 5.74) is 1.65. The van der Waals surface area contributed by atoms with Gasteiger partial charge in [0.2, 0.25) is 10.0 Å². The molecule has 3 rings (SSSR count). The molecule has 0 saturated carbocycles. The predicted molar refractivity (Wildman–Crippen MR) is 110 cm³/mol. The molecule has 0 radical (unpaired) electrons. The lowest BCUT2D eigenvalue weighted by molar-refractivity contribution is 0.0583. The maximum Gasteiger partial charge on any atom is 0.253 e. The third-order valence-electron chi connectivity index (χ3n) is 5.25. The van der Waals surface area contributed by atoms with Crippen molar-refractivity contribution in [3.8, 4) is 0 Å². The highest BCUT2D eigenvalue weighted by Crippen LogP contribution is 2.29. The molecule has 0 bridgehead atoms. The molecule has 150 valence electrons. The molecule has 0 spiro atoms. The van der Waals surface area contributed by atoms with Crippen molar-refractivity contribution in [1.82, 2.24) is 9.21 Å². The van der Waals surface area contributed by atoms with Crippen LogP contribution in [0.2, 0.25) is 0 Å². The van der Waals surface area contributed by atoms with Gasteiger partial charge in [0, 0.05) is 32.2 Å². The Morgan fingerprint density at radius 3 is 2.32 bits per heavy atom. The van der Waals surface area contributed by atoms with Gasteiger partial charge in [-0.2, -0.15) is 4.31 Å². The van der Waals surface area contributed by atoms with Crippen molar-refractivity contribution in [2.45, 2.75) is 38.1 Å². The van der Waals surface area contributed by atoms with Crippen LogP contribution < -0.4 is 0 Å². The molecule has 0 aliphatic carbocycles. The summed E-state index contributed by atoms with van der Waals surface area (Å²) in [5, 5.41) is 0. The molecule has 1 aliphatic heterocycles. The van der Waals surface area contributed by atoms with Gasteiger partial charge >= 0.3 is 0 Å². The standard InChI is InChI=1S/C22H28N2O3S/c1-22(2)14-7-15-24(17-22)21(25)19-12-10-18(11-13-19)16-23(3)28(26,27)20-8-5-4-6-9-20/h4-6,8-13H,7,14-17H2,1-3H3. The summed E-state index contributed by atoms with van der Waals surface area (Å²) in [4.78, 5) is 15.0. The summed E-state index contributed by atoms with van der Waals surface area (Å²) in [6, 6.07) is 15.6. The number of piperidine rings is 1. The van der Waals surface area contributed by atoms with Crippen LogP contribution in [0.5, 0.6) is 0 Å². The Bertz CT molecular complexity index is 922. The number of nitrogens with zero attached hydrogens (tertiary/aromatic N) is 2. The third-order valence-corrected chi connectivity index (χ3v) is 7.06. The predicted octanol–water partition coefficient (Wildman–Crippen LogP) is 3.77. The zero-order valence-electron chi connectivity index (χ0n) is 16.8. The fourth-order valence-corrected chi connectivity index (χ4v) is 4.83. The van der Waals surface area contributed by atoms with Gasteiger partial charge in [-0.15, -0.1) is 0 Å². The van der Waals surface area contributed by atoms with Crippen molar-refractivity contribution in [3.63, 3.8) is 0 Å². The van der Waals surface area contributed by atoms with Gasteiger partial charge in [-0.05, 0) is 48.1 Å². The van der Waals surface area contributed by atoms with Crippen LogP contribution in [0.15, 0.2) is 59.5 Å². The van der Waals surface area contributed by atoms with Gasteiger partial charge in [-0.1, -0.05) is 44.2 Å². The summed E-state index contributed by atoms with van der Waals surface area (Å²) >= 11 is 0. The molecule has 6 heteroatoms. The molecular formula is C22H28N2O3S. The minimum absolute atomic E-state index is 0.0459. The first-order valence-electron chi connectivity index (χ1n) is 9.59. The van der Waals surface area contributed by atoms with E-state index < -0.39 is 10.0 Å². The molecule has 5 nitrogen and oxygen atoms in total. The molecule has 0 aromatic heterocycles. The van der Waals surface area contributed by atoms with E-state index in [-0.39, 0.29) is 22.8 Å². The van der Waals surface area contributed by atoms with Gasteiger partial charge in [0.25, 0.3) is 5.91 Å². The van der Waals surface area contributed by atoms with Crippen LogP contribution in [-0.4, -0.2) is 43.7 Å². The number of carbonyl (C=O) groups is 1. The first-order chi connectivity index (χ1) is 13.2. The van der Waals surface area contributed by atoms with Crippen molar-refractivity contribution < 1.29 is 13.2 Å². The van der Waals surface area contributed by atoms with E-state index in [4.69, 9.17) is 0 Å². The number of amides is 1. The Balaban J connectivity index is 1.68. The number of hydrogen-bond acceptors (Lipinski definition) is 3. The summed E-state index contributed by atoms with van der Waals surface area (Å²) in [7, 11) is -1.97. The lowest BCUT2D eigenvalue weighted by Gasteiger charge is -2.38. The number of likely N-dealkylation sites (tertiary alicyclic amines) is 1. The molecule has 0 unspecified atom stereocenters. The fraction of sp³-hybridized carbons (Fsp3) is 0.409. The summed E-state index contributed by atoms with van der Waals surface area (Å²) < 4.78 is 26.6. The molecule has 1 heterocycles. The zero-order chi connectivity index (χ0) is 20.4. The van der Waals surface area contributed by atoms with Crippen molar-refractivity contribution in [2.24, 2.45) is 5.41 Å². The SMILES string of the molecule is CN(Cc1ccc(C(=O)N2CCCC(C)(C)C2)cc1)S(=O)(=O)c1ccccc1. The maximum absolute atomic E-state index is 12.8. The van der Waals surface area contributed by atoms with Crippen molar-refractivity contribution in [2.75, 3.05) is 20.1 Å². The second-order valence-corrected chi connectivity index (χ2v) is 10.3. The maximum atomic E-state index is 12.8. The normalized spacial score (nSPS) is 16.9. The van der Waals surface area contributed by atoms with E-state index >= 15 is 0 Å². The minimum Gasteiger partial charge on any atom is -0.338 e. The highest BCUT2D eigenvalue weighted by atomic mass is 32.2. The van der Waals surface area contributed by atoms with Crippen molar-refractivity contribution >= 4 is 15.9 Å². The molecule has 1 amide bonds. The highest BCUT2D eigenvalue weighted by Gasteiger charge is 2.29. The van der Waals surface area contributed by atoms with E-state index in [0.29, 0.717) is 5.56 Å². The Labute approximate surface area is 168 Å². The molecule has 2 aromatic carbocycles. The Morgan fingerprint density at radius 1 is 1.07 bits per heavy atom. The molecule has 0 N–H and O–H groups in total. The summed E-state index contributed by atoms with van der Waals surface area (Å²) in [6.07, 6.45) is 2.16. The Kier molecular flexibility index (Phi) is 5.91. The van der Waals surface area contributed by atoms with Gasteiger partial charge in [0.05, 0.1) is 4.90 Å². The largest absolute Gasteiger partial charge is 0.338 e. The van der Waals surface area contributed by atoms with E-state index in [0.717, 1.165) is 31.5 Å². The number of benzene rings is 2. The van der Waals surface area contributed by atoms with Crippen LogP contribution in [0, 0.1) is 5.41 Å². The molecule has 2 aromatic rings. The van der Waals surface area contributed by atoms with Crippen LogP contribution in [0.3, 0.4) is 0 Å². The lowest BCUT2D eigenvalue weighted by Crippen LogP contribution is -2.43. The average Bonchev–Trinajstić information content (AvgIpc) is 2.68. The molecule has 1 aliphatic rings. The van der Waals surface area contributed by atoms with Crippen molar-refractivity contribution in [1.29, 1.82) is 0 Å². The second kappa shape index (κ2) is 8.05. The summed E-state index contributed by atoms with van der Waals surface area (Å²) in [6.45, 7) is 6.20. The smallest absolute Gasteiger partial charge is 0.253 e. The summed E-state index contributed by atoms with van der Waals surface area (Å²) in [5.74, 6) is 0.0459. The van der Waals surface area contributed by atoms with E-state index in [1.54, 1.807) is 49.5 Å². The number of rotatable bonds is 5. The number of carbonyl (C=O) groups excluding carboxylic acids is 1. The third kappa shape index (κ3) is 4.62. The second-order valence-electron chi connectivity index (χ2n) is 8.27. The van der Waals surface area contributed by atoms with E-state index in [1.807, 2.05) is 17.0 Å². The first kappa shape index (κ1) is 20.6. The number of hydrogen-bond donors (Lipinski definition) is 0. The van der Waals surface area contributed by atoms with Gasteiger partial charge < -0.3 is 4.90 Å². The fourth-order valence-electron chi connectivity index (χ4n) is 3.65. The zero-order valence-corrected chi connectivity index (χ0v) is 17.6. The Hall–Kier alpha value is -2.18. The molecular weight excluding hydrogens is 372 g/mol. The lowest BCUT2D eigenvalue weighted by atomic mass is 9.84. The van der Waals surface area contributed by atoms with Crippen LogP contribution >= 0.6 is 0 Å². The monoisotopic (exact) mass is 400 g/mol. The van der Waals surface area contributed by atoms with E-state index in [2.05, 4.69) is 13.8 Å². The molecule has 0 atom stereocenters.